The SMILES string of the molecule is Cc1ccc2c(-c3cccc(N(c4ccccc4)c4ccc(-n5c6ccccc6c6ccccc65)cc4)c3)c3ccccc3c(-c3cccc(N(c4ccccc4)c4ccc(-n5c6ccccc6c6ccccc65)cc4)c3)c2c1. The number of fused-ring (bicyclic) bond motifs is 8. The monoisotopic (exact) mass is 1010 g/mol. The molecule has 13 aromatic carbocycles. The molecule has 0 fully saturated rings. The van der Waals surface area contributed by atoms with Crippen LogP contribution in [-0.2, 0) is 0 Å². The van der Waals surface area contributed by atoms with Crippen LogP contribution in [0, 0.1) is 6.92 Å². The summed E-state index contributed by atoms with van der Waals surface area (Å²) in [4.78, 5) is 4.76. The molecule has 0 radical (unpaired) electrons. The van der Waals surface area contributed by atoms with Gasteiger partial charge in [0.25, 0.3) is 0 Å². The fourth-order valence-corrected chi connectivity index (χ4v) is 12.5. The van der Waals surface area contributed by atoms with Crippen molar-refractivity contribution in [2.45, 2.75) is 6.92 Å². The van der Waals surface area contributed by atoms with Crippen molar-refractivity contribution in [2.24, 2.45) is 0 Å². The highest BCUT2D eigenvalue weighted by atomic mass is 15.1. The Bertz CT molecular complexity index is 4680. The number of benzene rings is 13. The second kappa shape index (κ2) is 19.0. The Labute approximate surface area is 459 Å². The van der Waals surface area contributed by atoms with Gasteiger partial charge in [-0.3, -0.25) is 0 Å². The third-order valence-corrected chi connectivity index (χ3v) is 15.9. The summed E-state index contributed by atoms with van der Waals surface area (Å²) in [5.41, 5.74) is 19.5. The molecule has 0 aliphatic heterocycles. The van der Waals surface area contributed by atoms with Gasteiger partial charge >= 0.3 is 0 Å². The molecule has 79 heavy (non-hydrogen) atoms. The zero-order valence-electron chi connectivity index (χ0n) is 43.6. The van der Waals surface area contributed by atoms with Crippen LogP contribution in [0.2, 0.25) is 0 Å². The highest BCUT2D eigenvalue weighted by Crippen LogP contribution is 2.47. The largest absolute Gasteiger partial charge is 0.310 e. The lowest BCUT2D eigenvalue weighted by Gasteiger charge is -2.27. The standard InChI is InChI=1S/C75H52N4/c1-51-38-47-68-69(48-51)75(53-21-19-27-61(50-53)77(55-24-6-3-7-25-55)57-41-45-59(46-42-57)79-72-36-16-12-30-64(72)65-31-13-17-37-73(65)79)67-33-9-8-32-66(67)74(68)52-20-18-26-60(49-52)76(54-22-4-2-5-23-54)56-39-43-58(44-40-56)78-70-34-14-10-28-62(70)63-29-11-15-35-71(63)78/h2-50H,1H3. The van der Waals surface area contributed by atoms with Crippen LogP contribution in [0.15, 0.2) is 297 Å². The lowest BCUT2D eigenvalue weighted by molar-refractivity contribution is 1.17. The summed E-state index contributed by atoms with van der Waals surface area (Å²) in [6, 6.07) is 109. The van der Waals surface area contributed by atoms with Gasteiger partial charge in [0, 0.05) is 67.0 Å². The minimum absolute atomic E-state index is 1.08. The molecule has 0 atom stereocenters. The van der Waals surface area contributed by atoms with E-state index in [1.165, 1.54) is 81.8 Å². The van der Waals surface area contributed by atoms with Crippen molar-refractivity contribution in [3.8, 4) is 33.6 Å². The van der Waals surface area contributed by atoms with Gasteiger partial charge in [-0.2, -0.15) is 0 Å². The van der Waals surface area contributed by atoms with E-state index in [-0.39, 0.29) is 0 Å². The van der Waals surface area contributed by atoms with E-state index in [9.17, 15) is 0 Å². The second-order valence-electron chi connectivity index (χ2n) is 20.6. The summed E-state index contributed by atoms with van der Waals surface area (Å²) in [6.07, 6.45) is 0. The predicted octanol–water partition coefficient (Wildman–Crippen LogP) is 20.8. The average molecular weight is 1010 g/mol. The Morgan fingerprint density at radius 2 is 0.544 bits per heavy atom. The Kier molecular flexibility index (Phi) is 11.0. The fraction of sp³-hybridized carbons (Fsp3) is 0.0133. The maximum absolute atomic E-state index is 2.38. The summed E-state index contributed by atoms with van der Waals surface area (Å²) in [5.74, 6) is 0. The van der Waals surface area contributed by atoms with Crippen LogP contribution in [-0.4, -0.2) is 9.13 Å². The summed E-state index contributed by atoms with van der Waals surface area (Å²) < 4.78 is 4.76. The molecule has 0 aliphatic rings. The van der Waals surface area contributed by atoms with Crippen molar-refractivity contribution in [3.63, 3.8) is 0 Å². The van der Waals surface area contributed by atoms with Gasteiger partial charge in [0.1, 0.15) is 0 Å². The highest BCUT2D eigenvalue weighted by Gasteiger charge is 2.22. The lowest BCUT2D eigenvalue weighted by atomic mass is 9.85. The third kappa shape index (κ3) is 7.76. The number of rotatable bonds is 10. The summed E-state index contributed by atoms with van der Waals surface area (Å²) >= 11 is 0. The van der Waals surface area contributed by atoms with E-state index in [1.807, 2.05) is 0 Å². The van der Waals surface area contributed by atoms with E-state index in [1.54, 1.807) is 0 Å². The smallest absolute Gasteiger partial charge is 0.0541 e. The van der Waals surface area contributed by atoms with Crippen molar-refractivity contribution in [3.05, 3.63) is 303 Å². The number of aromatic nitrogens is 2. The number of aryl methyl sites for hydroxylation is 1. The maximum atomic E-state index is 2.38. The summed E-state index contributed by atoms with van der Waals surface area (Å²) in [6.45, 7) is 2.21. The lowest BCUT2D eigenvalue weighted by Crippen LogP contribution is -2.10. The molecule has 2 aromatic heterocycles. The summed E-state index contributed by atoms with van der Waals surface area (Å²) in [7, 11) is 0. The number of hydrogen-bond donors (Lipinski definition) is 0. The van der Waals surface area contributed by atoms with Crippen LogP contribution in [0.4, 0.5) is 34.1 Å². The second-order valence-corrected chi connectivity index (χ2v) is 20.6. The quantitative estimate of drug-likeness (QED) is 0.127. The first-order valence-corrected chi connectivity index (χ1v) is 27.2. The van der Waals surface area contributed by atoms with E-state index < -0.39 is 0 Å². The average Bonchev–Trinajstić information content (AvgIpc) is 4.21. The van der Waals surface area contributed by atoms with Crippen LogP contribution in [0.1, 0.15) is 5.56 Å². The van der Waals surface area contributed by atoms with Gasteiger partial charge in [0.05, 0.1) is 22.1 Å². The molecule has 0 saturated carbocycles. The topological polar surface area (TPSA) is 16.3 Å². The van der Waals surface area contributed by atoms with E-state index >= 15 is 0 Å². The highest BCUT2D eigenvalue weighted by molar-refractivity contribution is 6.22. The van der Waals surface area contributed by atoms with Gasteiger partial charge in [-0.25, -0.2) is 0 Å². The van der Waals surface area contributed by atoms with Gasteiger partial charge < -0.3 is 18.9 Å². The molecule has 15 rings (SSSR count). The van der Waals surface area contributed by atoms with Crippen molar-refractivity contribution in [1.82, 2.24) is 9.13 Å². The zero-order chi connectivity index (χ0) is 52.4. The first-order chi connectivity index (χ1) is 39.1. The van der Waals surface area contributed by atoms with Crippen LogP contribution < -0.4 is 9.80 Å². The molecule has 4 heteroatoms. The normalized spacial score (nSPS) is 11.6. The number of nitrogens with zero attached hydrogens (tertiary/aromatic N) is 4. The minimum Gasteiger partial charge on any atom is -0.310 e. The van der Waals surface area contributed by atoms with E-state index in [2.05, 4.69) is 323 Å². The van der Waals surface area contributed by atoms with Crippen molar-refractivity contribution < 1.29 is 0 Å². The minimum atomic E-state index is 1.08. The molecule has 0 bridgehead atoms. The Morgan fingerprint density at radius 1 is 0.228 bits per heavy atom. The van der Waals surface area contributed by atoms with Gasteiger partial charge in [0.2, 0.25) is 0 Å². The molecule has 15 aromatic rings. The van der Waals surface area contributed by atoms with Gasteiger partial charge in [-0.1, -0.05) is 181 Å². The van der Waals surface area contributed by atoms with Crippen molar-refractivity contribution in [2.75, 3.05) is 9.80 Å². The Hall–Kier alpha value is -10.4. The molecular weight excluding hydrogens is 957 g/mol. The van der Waals surface area contributed by atoms with Gasteiger partial charge in [-0.05, 0) is 172 Å². The molecule has 4 nitrogen and oxygen atoms in total. The molecule has 2 heterocycles. The molecule has 0 amide bonds. The van der Waals surface area contributed by atoms with Crippen LogP contribution in [0.25, 0.3) is 98.8 Å². The maximum Gasteiger partial charge on any atom is 0.0541 e. The van der Waals surface area contributed by atoms with Crippen molar-refractivity contribution in [1.29, 1.82) is 0 Å². The molecule has 0 unspecified atom stereocenters. The molecule has 0 saturated heterocycles. The van der Waals surface area contributed by atoms with E-state index in [0.717, 1.165) is 56.6 Å². The molecule has 0 aliphatic carbocycles. The van der Waals surface area contributed by atoms with Crippen LogP contribution in [0.3, 0.4) is 0 Å². The summed E-state index contributed by atoms with van der Waals surface area (Å²) in [5, 5.41) is 9.87. The van der Waals surface area contributed by atoms with Crippen LogP contribution >= 0.6 is 0 Å². The fourth-order valence-electron chi connectivity index (χ4n) is 12.5. The van der Waals surface area contributed by atoms with Gasteiger partial charge in [-0.15, -0.1) is 0 Å². The predicted molar refractivity (Wildman–Crippen MR) is 335 cm³/mol. The number of anilines is 6. The Balaban J connectivity index is 0.846. The molecule has 372 valence electrons. The van der Waals surface area contributed by atoms with Gasteiger partial charge in [0.15, 0.2) is 0 Å². The molecular formula is C75H52N4. The third-order valence-electron chi connectivity index (χ3n) is 15.9. The first kappa shape index (κ1) is 45.9. The molecule has 0 spiro atoms. The number of hydrogen-bond acceptors (Lipinski definition) is 2. The molecule has 0 N–H and O–H groups in total. The van der Waals surface area contributed by atoms with Crippen molar-refractivity contribution >= 4 is 99.3 Å². The van der Waals surface area contributed by atoms with E-state index in [0.29, 0.717) is 0 Å². The first-order valence-electron chi connectivity index (χ1n) is 27.2. The number of para-hydroxylation sites is 6. The zero-order valence-corrected chi connectivity index (χ0v) is 43.6. The Morgan fingerprint density at radius 3 is 0.949 bits per heavy atom. The van der Waals surface area contributed by atoms with E-state index in [4.69, 9.17) is 0 Å². The van der Waals surface area contributed by atoms with Crippen LogP contribution in [0.5, 0.6) is 0 Å².